The van der Waals surface area contributed by atoms with Crippen LogP contribution in [0.5, 0.6) is 0 Å². The highest BCUT2D eigenvalue weighted by Gasteiger charge is 2.22. The van der Waals surface area contributed by atoms with E-state index < -0.39 is 0 Å². The van der Waals surface area contributed by atoms with Gasteiger partial charge in [0, 0.05) is 53.4 Å². The van der Waals surface area contributed by atoms with E-state index in [-0.39, 0.29) is 24.0 Å². The third-order valence-electron chi connectivity index (χ3n) is 5.48. The zero-order valence-electron chi connectivity index (χ0n) is 18.1. The molecule has 1 aliphatic heterocycles. The van der Waals surface area contributed by atoms with Gasteiger partial charge in [-0.3, -0.25) is 19.7 Å². The van der Waals surface area contributed by atoms with Crippen LogP contribution in [0.15, 0.2) is 53.9 Å². The van der Waals surface area contributed by atoms with E-state index in [1.165, 1.54) is 11.3 Å². The number of hydrogen-bond acceptors (Lipinski definition) is 6. The van der Waals surface area contributed by atoms with E-state index in [2.05, 4.69) is 15.2 Å². The van der Waals surface area contributed by atoms with Gasteiger partial charge < -0.3 is 9.80 Å². The van der Waals surface area contributed by atoms with Crippen molar-refractivity contribution in [1.29, 1.82) is 0 Å². The second kappa shape index (κ2) is 10.1. The fraction of sp³-hybridized carbons (Fsp3) is 0.250. The van der Waals surface area contributed by atoms with Gasteiger partial charge in [0.1, 0.15) is 0 Å². The Balaban J connectivity index is 1.28. The minimum absolute atomic E-state index is 0.0162. The molecule has 3 aromatic rings. The van der Waals surface area contributed by atoms with Gasteiger partial charge in [-0.2, -0.15) is 0 Å². The predicted octanol–water partition coefficient (Wildman–Crippen LogP) is 4.14. The van der Waals surface area contributed by atoms with Crippen molar-refractivity contribution >= 4 is 51.4 Å². The number of carbonyl (C=O) groups is 3. The summed E-state index contributed by atoms with van der Waals surface area (Å²) in [4.78, 5) is 45.0. The first-order chi connectivity index (χ1) is 15.9. The summed E-state index contributed by atoms with van der Waals surface area (Å²) in [5.41, 5.74) is 2.87. The van der Waals surface area contributed by atoms with Crippen LogP contribution < -0.4 is 10.2 Å². The number of carbonyl (C=O) groups excluding carboxylic acids is 3. The van der Waals surface area contributed by atoms with E-state index >= 15 is 0 Å². The summed E-state index contributed by atoms with van der Waals surface area (Å²) in [7, 11) is 0. The Morgan fingerprint density at radius 1 is 0.970 bits per heavy atom. The van der Waals surface area contributed by atoms with Crippen LogP contribution in [0, 0.1) is 0 Å². The van der Waals surface area contributed by atoms with Gasteiger partial charge in [0.2, 0.25) is 5.91 Å². The number of benzene rings is 2. The summed E-state index contributed by atoms with van der Waals surface area (Å²) in [6, 6.07) is 14.2. The Morgan fingerprint density at radius 3 is 2.24 bits per heavy atom. The van der Waals surface area contributed by atoms with E-state index in [9.17, 15) is 14.4 Å². The van der Waals surface area contributed by atoms with E-state index in [1.54, 1.807) is 36.6 Å². The maximum absolute atomic E-state index is 12.7. The van der Waals surface area contributed by atoms with Crippen LogP contribution in [0.2, 0.25) is 5.02 Å². The lowest BCUT2D eigenvalue weighted by atomic mass is 10.1. The SMILES string of the molecule is CC(=O)c1ccc(N2CCN(C(=O)Cc3csc(NC(=O)c4ccc(Cl)cc4)n3)CC2)cc1. The number of amides is 2. The molecule has 2 heterocycles. The number of piperazine rings is 1. The van der Waals surface area contributed by atoms with Crippen molar-refractivity contribution in [3.63, 3.8) is 0 Å². The standard InChI is InChI=1S/C24H23ClN4O3S/c1-16(30)17-4-8-21(9-5-17)28-10-12-29(13-11-28)22(31)14-20-15-33-24(26-20)27-23(32)18-2-6-19(25)7-3-18/h2-9,15H,10-14H2,1H3,(H,26,27,32). The average Bonchev–Trinajstić information content (AvgIpc) is 3.26. The quantitative estimate of drug-likeness (QED) is 0.534. The molecule has 2 aromatic carbocycles. The number of ketones is 1. The normalized spacial score (nSPS) is 13.6. The van der Waals surface area contributed by atoms with Gasteiger partial charge in [0.05, 0.1) is 12.1 Å². The van der Waals surface area contributed by atoms with Crippen molar-refractivity contribution in [2.75, 3.05) is 36.4 Å². The average molecular weight is 483 g/mol. The molecule has 1 saturated heterocycles. The minimum Gasteiger partial charge on any atom is -0.368 e. The van der Waals surface area contributed by atoms with Gasteiger partial charge in [0.15, 0.2) is 10.9 Å². The Kier molecular flexibility index (Phi) is 7.05. The Morgan fingerprint density at radius 2 is 1.61 bits per heavy atom. The molecule has 9 heteroatoms. The van der Waals surface area contributed by atoms with Gasteiger partial charge in [-0.25, -0.2) is 4.98 Å². The highest BCUT2D eigenvalue weighted by atomic mass is 35.5. The second-order valence-electron chi connectivity index (χ2n) is 7.75. The highest BCUT2D eigenvalue weighted by molar-refractivity contribution is 7.14. The summed E-state index contributed by atoms with van der Waals surface area (Å²) in [5.74, 6) is -0.208. The molecule has 0 atom stereocenters. The number of aromatic nitrogens is 1. The Bertz CT molecular complexity index is 1150. The molecular weight excluding hydrogens is 460 g/mol. The fourth-order valence-corrected chi connectivity index (χ4v) is 4.44. The van der Waals surface area contributed by atoms with Crippen LogP contribution in [0.25, 0.3) is 0 Å². The highest BCUT2D eigenvalue weighted by Crippen LogP contribution is 2.20. The van der Waals surface area contributed by atoms with Gasteiger partial charge >= 0.3 is 0 Å². The summed E-state index contributed by atoms with van der Waals surface area (Å²) < 4.78 is 0. The Labute approximate surface area is 201 Å². The number of rotatable bonds is 6. The van der Waals surface area contributed by atoms with Crippen molar-refractivity contribution < 1.29 is 14.4 Å². The molecule has 1 fully saturated rings. The third kappa shape index (κ3) is 5.77. The monoisotopic (exact) mass is 482 g/mol. The molecule has 1 aliphatic rings. The maximum Gasteiger partial charge on any atom is 0.257 e. The molecule has 0 aliphatic carbocycles. The molecule has 170 valence electrons. The summed E-state index contributed by atoms with van der Waals surface area (Å²) >= 11 is 7.15. The predicted molar refractivity (Wildman–Crippen MR) is 130 cm³/mol. The number of hydrogen-bond donors (Lipinski definition) is 1. The van der Waals surface area contributed by atoms with Crippen LogP contribution in [0.1, 0.15) is 33.3 Å². The van der Waals surface area contributed by atoms with Gasteiger partial charge in [-0.05, 0) is 55.5 Å². The molecule has 4 rings (SSSR count). The zero-order valence-corrected chi connectivity index (χ0v) is 19.7. The lowest BCUT2D eigenvalue weighted by molar-refractivity contribution is -0.130. The summed E-state index contributed by atoms with van der Waals surface area (Å²) in [6.45, 7) is 4.25. The van der Waals surface area contributed by atoms with Gasteiger partial charge in [-0.15, -0.1) is 11.3 Å². The van der Waals surface area contributed by atoms with Crippen LogP contribution >= 0.6 is 22.9 Å². The summed E-state index contributed by atoms with van der Waals surface area (Å²) in [6.07, 6.45) is 0.195. The largest absolute Gasteiger partial charge is 0.368 e. The lowest BCUT2D eigenvalue weighted by Gasteiger charge is -2.36. The molecule has 0 spiro atoms. The fourth-order valence-electron chi connectivity index (χ4n) is 3.60. The smallest absolute Gasteiger partial charge is 0.257 e. The van der Waals surface area contributed by atoms with Crippen molar-refractivity contribution in [3.8, 4) is 0 Å². The number of halogens is 1. The molecule has 0 unspecified atom stereocenters. The van der Waals surface area contributed by atoms with Crippen LogP contribution in [-0.4, -0.2) is 53.7 Å². The molecule has 0 saturated carbocycles. The number of anilines is 2. The van der Waals surface area contributed by atoms with Gasteiger partial charge in [-0.1, -0.05) is 11.6 Å². The first-order valence-corrected chi connectivity index (χ1v) is 11.8. The molecular formula is C24H23ClN4O3S. The van der Waals surface area contributed by atoms with E-state index in [4.69, 9.17) is 11.6 Å². The number of nitrogens with one attached hydrogen (secondary N) is 1. The van der Waals surface area contributed by atoms with Crippen molar-refractivity contribution in [3.05, 3.63) is 75.8 Å². The molecule has 33 heavy (non-hydrogen) atoms. The second-order valence-corrected chi connectivity index (χ2v) is 9.05. The maximum atomic E-state index is 12.7. The molecule has 0 bridgehead atoms. The lowest BCUT2D eigenvalue weighted by Crippen LogP contribution is -2.49. The van der Waals surface area contributed by atoms with E-state index in [1.807, 2.05) is 29.2 Å². The summed E-state index contributed by atoms with van der Waals surface area (Å²) in [5, 5.41) is 5.57. The van der Waals surface area contributed by atoms with Crippen LogP contribution in [0.4, 0.5) is 10.8 Å². The number of Topliss-reactive ketones (excluding diaryl/α,β-unsaturated/α-hetero) is 1. The van der Waals surface area contributed by atoms with Crippen molar-refractivity contribution in [2.45, 2.75) is 13.3 Å². The topological polar surface area (TPSA) is 82.6 Å². The molecule has 7 nitrogen and oxygen atoms in total. The molecule has 1 aromatic heterocycles. The minimum atomic E-state index is -0.272. The van der Waals surface area contributed by atoms with Crippen molar-refractivity contribution in [1.82, 2.24) is 9.88 Å². The molecule has 0 radical (unpaired) electrons. The van der Waals surface area contributed by atoms with Crippen molar-refractivity contribution in [2.24, 2.45) is 0 Å². The number of thiazole rings is 1. The molecule has 1 N–H and O–H groups in total. The van der Waals surface area contributed by atoms with Crippen LogP contribution in [0.3, 0.4) is 0 Å². The van der Waals surface area contributed by atoms with E-state index in [0.717, 1.165) is 18.8 Å². The van der Waals surface area contributed by atoms with Gasteiger partial charge in [0.25, 0.3) is 5.91 Å². The first-order valence-electron chi connectivity index (χ1n) is 10.5. The first kappa shape index (κ1) is 22.9. The third-order valence-corrected chi connectivity index (χ3v) is 6.54. The zero-order chi connectivity index (χ0) is 23.4. The van der Waals surface area contributed by atoms with E-state index in [0.29, 0.717) is 40.1 Å². The molecule has 2 amide bonds. The Hall–Kier alpha value is -3.23. The number of nitrogens with zero attached hydrogens (tertiary/aromatic N) is 3. The van der Waals surface area contributed by atoms with Crippen LogP contribution in [-0.2, 0) is 11.2 Å².